The Morgan fingerprint density at radius 1 is 0.941 bits per heavy atom. The van der Waals surface area contributed by atoms with Gasteiger partial charge in [-0.1, -0.05) is 53.6 Å². The van der Waals surface area contributed by atoms with E-state index >= 15 is 0 Å². The normalized spacial score (nSPS) is 11.4. The van der Waals surface area contributed by atoms with Crippen LogP contribution in [0.1, 0.15) is 18.1 Å². The number of fused-ring (bicyclic) bond motifs is 2. The summed E-state index contributed by atoms with van der Waals surface area (Å²) in [5.41, 5.74) is 8.26. The lowest BCUT2D eigenvalue weighted by molar-refractivity contribution is 0.340. The average Bonchev–Trinajstić information content (AvgIpc) is 2.85. The molecule has 0 bridgehead atoms. The Labute approximate surface area is 202 Å². The maximum absolute atomic E-state index is 6.41. The molecular formula is C27H22ClN5O. The summed E-state index contributed by atoms with van der Waals surface area (Å²) in [7, 11) is 0. The van der Waals surface area contributed by atoms with Crippen molar-refractivity contribution in [1.29, 1.82) is 0 Å². The van der Waals surface area contributed by atoms with E-state index in [9.17, 15) is 0 Å². The van der Waals surface area contributed by atoms with Gasteiger partial charge in [0.05, 0.1) is 29.5 Å². The molecule has 0 unspecified atom stereocenters. The van der Waals surface area contributed by atoms with Crippen LogP contribution >= 0.6 is 11.6 Å². The third kappa shape index (κ3) is 4.54. The number of hydrogen-bond donors (Lipinski definition) is 1. The number of nitrogens with one attached hydrogen (secondary N) is 1. The molecule has 5 rings (SSSR count). The van der Waals surface area contributed by atoms with Crippen LogP contribution in [-0.4, -0.2) is 27.8 Å². The molecule has 168 valence electrons. The van der Waals surface area contributed by atoms with E-state index in [1.807, 2.05) is 73.7 Å². The average molecular weight is 468 g/mol. The minimum Gasteiger partial charge on any atom is -0.494 e. The highest BCUT2D eigenvalue weighted by molar-refractivity contribution is 6.32. The fourth-order valence-corrected chi connectivity index (χ4v) is 3.95. The molecule has 0 aliphatic rings. The van der Waals surface area contributed by atoms with Crippen LogP contribution in [-0.2, 0) is 0 Å². The lowest BCUT2D eigenvalue weighted by Crippen LogP contribution is -2.00. The zero-order chi connectivity index (χ0) is 23.5. The number of ether oxygens (including phenoxy) is 1. The SMILES string of the molecule is CCOc1ccc2cc(/C=N\Nc3nc(-c4ccccc4)c4cc(C)ccc4n3)c(Cl)nc2c1. The van der Waals surface area contributed by atoms with Gasteiger partial charge in [-0.3, -0.25) is 0 Å². The van der Waals surface area contributed by atoms with Gasteiger partial charge in [0.1, 0.15) is 10.9 Å². The molecule has 2 heterocycles. The van der Waals surface area contributed by atoms with E-state index < -0.39 is 0 Å². The molecule has 0 spiro atoms. The van der Waals surface area contributed by atoms with Crippen molar-refractivity contribution in [2.24, 2.45) is 5.10 Å². The number of halogens is 1. The summed E-state index contributed by atoms with van der Waals surface area (Å²) < 4.78 is 5.54. The van der Waals surface area contributed by atoms with Crippen LogP contribution in [0.2, 0.25) is 5.15 Å². The van der Waals surface area contributed by atoms with Crippen molar-refractivity contribution < 1.29 is 4.74 Å². The van der Waals surface area contributed by atoms with E-state index in [1.54, 1.807) is 6.21 Å². The largest absolute Gasteiger partial charge is 0.494 e. The van der Waals surface area contributed by atoms with Gasteiger partial charge in [0.15, 0.2) is 0 Å². The number of hydrogen-bond acceptors (Lipinski definition) is 6. The summed E-state index contributed by atoms with van der Waals surface area (Å²) >= 11 is 6.41. The van der Waals surface area contributed by atoms with Gasteiger partial charge in [-0.2, -0.15) is 5.10 Å². The number of aryl methyl sites for hydroxylation is 1. The molecule has 2 aromatic heterocycles. The molecule has 0 amide bonds. The second-order valence-electron chi connectivity index (χ2n) is 7.81. The monoisotopic (exact) mass is 467 g/mol. The summed E-state index contributed by atoms with van der Waals surface area (Å²) in [5.74, 6) is 1.16. The van der Waals surface area contributed by atoms with Crippen LogP contribution in [0, 0.1) is 6.92 Å². The van der Waals surface area contributed by atoms with E-state index in [2.05, 4.69) is 33.5 Å². The lowest BCUT2D eigenvalue weighted by Gasteiger charge is -2.09. The van der Waals surface area contributed by atoms with Gasteiger partial charge in [-0.25, -0.2) is 20.4 Å². The molecule has 3 aromatic carbocycles. The maximum Gasteiger partial charge on any atom is 0.244 e. The van der Waals surface area contributed by atoms with E-state index in [-0.39, 0.29) is 0 Å². The van der Waals surface area contributed by atoms with Crippen LogP contribution in [0.4, 0.5) is 5.95 Å². The van der Waals surface area contributed by atoms with Crippen molar-refractivity contribution in [3.8, 4) is 17.0 Å². The van der Waals surface area contributed by atoms with E-state index in [0.29, 0.717) is 23.3 Å². The number of rotatable bonds is 6. The van der Waals surface area contributed by atoms with Crippen LogP contribution in [0.5, 0.6) is 5.75 Å². The molecule has 0 saturated heterocycles. The van der Waals surface area contributed by atoms with Crippen LogP contribution < -0.4 is 10.2 Å². The third-order valence-electron chi connectivity index (χ3n) is 5.35. The second kappa shape index (κ2) is 9.45. The van der Waals surface area contributed by atoms with Gasteiger partial charge >= 0.3 is 0 Å². The van der Waals surface area contributed by atoms with E-state index in [0.717, 1.165) is 44.4 Å². The number of nitrogens with zero attached hydrogens (tertiary/aromatic N) is 4. The number of anilines is 1. The summed E-state index contributed by atoms with van der Waals surface area (Å²) in [6.07, 6.45) is 1.62. The summed E-state index contributed by atoms with van der Waals surface area (Å²) in [5, 5.41) is 6.63. The summed E-state index contributed by atoms with van der Waals surface area (Å²) in [6, 6.07) is 23.9. The molecule has 0 atom stereocenters. The predicted octanol–water partition coefficient (Wildman–Crippen LogP) is 6.65. The Balaban J connectivity index is 1.46. The quantitative estimate of drug-likeness (QED) is 0.172. The minimum atomic E-state index is 0.353. The van der Waals surface area contributed by atoms with Gasteiger partial charge in [0, 0.05) is 28.0 Å². The topological polar surface area (TPSA) is 72.3 Å². The van der Waals surface area contributed by atoms with E-state index in [4.69, 9.17) is 21.3 Å². The first-order chi connectivity index (χ1) is 16.6. The van der Waals surface area contributed by atoms with Crippen molar-refractivity contribution in [3.05, 3.63) is 89.1 Å². The van der Waals surface area contributed by atoms with Crippen molar-refractivity contribution in [3.63, 3.8) is 0 Å². The molecule has 0 aliphatic heterocycles. The highest BCUT2D eigenvalue weighted by atomic mass is 35.5. The Bertz CT molecular complexity index is 1520. The predicted molar refractivity (Wildman–Crippen MR) is 139 cm³/mol. The first kappa shape index (κ1) is 21.8. The molecule has 0 radical (unpaired) electrons. The first-order valence-electron chi connectivity index (χ1n) is 11.0. The molecule has 6 nitrogen and oxygen atoms in total. The van der Waals surface area contributed by atoms with Gasteiger partial charge in [-0.05, 0) is 44.2 Å². The fraction of sp³-hybridized carbons (Fsp3) is 0.111. The van der Waals surface area contributed by atoms with Crippen LogP contribution in [0.3, 0.4) is 0 Å². The second-order valence-corrected chi connectivity index (χ2v) is 8.17. The Morgan fingerprint density at radius 2 is 1.79 bits per heavy atom. The number of hydrazone groups is 1. The fourth-order valence-electron chi connectivity index (χ4n) is 3.75. The van der Waals surface area contributed by atoms with Crippen molar-refractivity contribution in [2.45, 2.75) is 13.8 Å². The highest BCUT2D eigenvalue weighted by Gasteiger charge is 2.10. The lowest BCUT2D eigenvalue weighted by atomic mass is 10.0. The zero-order valence-corrected chi connectivity index (χ0v) is 19.5. The van der Waals surface area contributed by atoms with Crippen LogP contribution in [0.15, 0.2) is 77.9 Å². The molecule has 0 fully saturated rings. The van der Waals surface area contributed by atoms with Gasteiger partial charge in [-0.15, -0.1) is 0 Å². The van der Waals surface area contributed by atoms with Crippen molar-refractivity contribution in [1.82, 2.24) is 15.0 Å². The standard InChI is InChI=1S/C27H22ClN5O/c1-3-34-21-11-10-19-14-20(26(28)30-24(19)15-21)16-29-33-27-31-23-12-9-17(2)13-22(23)25(32-27)18-7-5-4-6-8-18/h4-16H,3H2,1-2H3,(H,31,32,33)/b29-16-. The summed E-state index contributed by atoms with van der Waals surface area (Å²) in [4.78, 5) is 13.9. The number of benzene rings is 3. The molecular weight excluding hydrogens is 446 g/mol. The van der Waals surface area contributed by atoms with E-state index in [1.165, 1.54) is 0 Å². The molecule has 0 aliphatic carbocycles. The number of pyridine rings is 1. The van der Waals surface area contributed by atoms with Gasteiger partial charge in [0.2, 0.25) is 5.95 Å². The third-order valence-corrected chi connectivity index (χ3v) is 5.65. The van der Waals surface area contributed by atoms with Gasteiger partial charge in [0.25, 0.3) is 0 Å². The van der Waals surface area contributed by atoms with Crippen molar-refractivity contribution >= 4 is 45.6 Å². The first-order valence-corrected chi connectivity index (χ1v) is 11.3. The maximum atomic E-state index is 6.41. The molecule has 7 heteroatoms. The Kier molecular flexibility index (Phi) is 6.06. The Morgan fingerprint density at radius 3 is 2.62 bits per heavy atom. The number of aromatic nitrogens is 3. The van der Waals surface area contributed by atoms with Gasteiger partial charge < -0.3 is 4.74 Å². The smallest absolute Gasteiger partial charge is 0.244 e. The Hall–Kier alpha value is -4.03. The molecule has 34 heavy (non-hydrogen) atoms. The van der Waals surface area contributed by atoms with Crippen molar-refractivity contribution in [2.75, 3.05) is 12.0 Å². The zero-order valence-electron chi connectivity index (χ0n) is 18.8. The molecule has 0 saturated carbocycles. The van der Waals surface area contributed by atoms with Crippen LogP contribution in [0.25, 0.3) is 33.1 Å². The minimum absolute atomic E-state index is 0.353. The molecule has 5 aromatic rings. The highest BCUT2D eigenvalue weighted by Crippen LogP contribution is 2.28. The summed E-state index contributed by atoms with van der Waals surface area (Å²) in [6.45, 7) is 4.60. The molecule has 1 N–H and O–H groups in total.